The van der Waals surface area contributed by atoms with Crippen LogP contribution in [0.4, 0.5) is 0 Å². The van der Waals surface area contributed by atoms with E-state index in [1.807, 2.05) is 11.3 Å². The molecule has 0 amide bonds. The number of nitrogens with one attached hydrogen (secondary N) is 1. The first-order valence-corrected chi connectivity index (χ1v) is 8.49. The van der Waals surface area contributed by atoms with Gasteiger partial charge in [0, 0.05) is 6.04 Å². The first-order valence-electron chi connectivity index (χ1n) is 7.61. The minimum absolute atomic E-state index is 0.484. The van der Waals surface area contributed by atoms with E-state index in [9.17, 15) is 0 Å². The highest BCUT2D eigenvalue weighted by atomic mass is 32.1. The lowest BCUT2D eigenvalue weighted by Gasteiger charge is -2.33. The van der Waals surface area contributed by atoms with Crippen molar-refractivity contribution < 1.29 is 4.74 Å². The molecule has 1 saturated carbocycles. The summed E-state index contributed by atoms with van der Waals surface area (Å²) in [5.74, 6) is 2.70. The highest BCUT2D eigenvalue weighted by Gasteiger charge is 2.29. The maximum Gasteiger partial charge on any atom is 0.134 e. The Bertz CT molecular complexity index is 377. The van der Waals surface area contributed by atoms with Crippen LogP contribution in [-0.2, 0) is 0 Å². The van der Waals surface area contributed by atoms with Crippen molar-refractivity contribution >= 4 is 11.3 Å². The van der Waals surface area contributed by atoms with Gasteiger partial charge in [0.1, 0.15) is 5.75 Å². The van der Waals surface area contributed by atoms with Crippen molar-refractivity contribution in [2.24, 2.45) is 11.8 Å². The van der Waals surface area contributed by atoms with Crippen molar-refractivity contribution in [3.8, 4) is 5.75 Å². The second-order valence-electron chi connectivity index (χ2n) is 5.82. The number of hydrogen-bond acceptors (Lipinski definition) is 3. The standard InChI is InChI=1S/C16H27NOS/c1-4-9-17-15(13-7-5-6-12(2)11-13)16-14(18-3)8-10-19-16/h8,10,12-13,15,17H,4-7,9,11H2,1-3H3. The minimum atomic E-state index is 0.484. The van der Waals surface area contributed by atoms with Gasteiger partial charge in [0.25, 0.3) is 0 Å². The fourth-order valence-electron chi connectivity index (χ4n) is 3.26. The molecular weight excluding hydrogens is 254 g/mol. The van der Waals surface area contributed by atoms with E-state index < -0.39 is 0 Å². The molecular formula is C16H27NOS. The van der Waals surface area contributed by atoms with Crippen LogP contribution in [0.15, 0.2) is 11.4 Å². The smallest absolute Gasteiger partial charge is 0.134 e. The van der Waals surface area contributed by atoms with Gasteiger partial charge in [0.2, 0.25) is 0 Å². The van der Waals surface area contributed by atoms with E-state index in [0.717, 1.165) is 24.1 Å². The summed E-state index contributed by atoms with van der Waals surface area (Å²) in [4.78, 5) is 1.40. The average Bonchev–Trinajstić information content (AvgIpc) is 2.88. The maximum absolute atomic E-state index is 5.53. The highest BCUT2D eigenvalue weighted by Crippen LogP contribution is 2.42. The van der Waals surface area contributed by atoms with Crippen LogP contribution in [0.25, 0.3) is 0 Å². The lowest BCUT2D eigenvalue weighted by atomic mass is 9.78. The molecule has 0 aliphatic heterocycles. The monoisotopic (exact) mass is 281 g/mol. The lowest BCUT2D eigenvalue weighted by Crippen LogP contribution is -2.31. The number of rotatable bonds is 6. The van der Waals surface area contributed by atoms with E-state index in [4.69, 9.17) is 4.74 Å². The molecule has 2 rings (SSSR count). The molecule has 1 N–H and O–H groups in total. The van der Waals surface area contributed by atoms with Crippen LogP contribution in [0.1, 0.15) is 56.9 Å². The van der Waals surface area contributed by atoms with E-state index in [-0.39, 0.29) is 0 Å². The number of methoxy groups -OCH3 is 1. The molecule has 3 atom stereocenters. The van der Waals surface area contributed by atoms with E-state index in [1.54, 1.807) is 7.11 Å². The second-order valence-corrected chi connectivity index (χ2v) is 6.76. The number of hydrogen-bond donors (Lipinski definition) is 1. The van der Waals surface area contributed by atoms with Crippen molar-refractivity contribution in [3.05, 3.63) is 16.3 Å². The third kappa shape index (κ3) is 3.73. The van der Waals surface area contributed by atoms with Gasteiger partial charge in [-0.3, -0.25) is 0 Å². The van der Waals surface area contributed by atoms with Gasteiger partial charge < -0.3 is 10.1 Å². The Labute approximate surface area is 121 Å². The van der Waals surface area contributed by atoms with Gasteiger partial charge in [-0.1, -0.05) is 26.7 Å². The van der Waals surface area contributed by atoms with Crippen LogP contribution in [0.2, 0.25) is 0 Å². The van der Waals surface area contributed by atoms with Gasteiger partial charge in [0.05, 0.1) is 12.0 Å². The van der Waals surface area contributed by atoms with Gasteiger partial charge >= 0.3 is 0 Å². The average molecular weight is 281 g/mol. The summed E-state index contributed by atoms with van der Waals surface area (Å²) in [7, 11) is 1.78. The van der Waals surface area contributed by atoms with Crippen LogP contribution in [0.3, 0.4) is 0 Å². The van der Waals surface area contributed by atoms with Gasteiger partial charge in [-0.2, -0.15) is 0 Å². The Morgan fingerprint density at radius 2 is 2.32 bits per heavy atom. The molecule has 0 aromatic carbocycles. The quantitative estimate of drug-likeness (QED) is 0.821. The largest absolute Gasteiger partial charge is 0.496 e. The van der Waals surface area contributed by atoms with Crippen LogP contribution in [0, 0.1) is 11.8 Å². The molecule has 3 heteroatoms. The van der Waals surface area contributed by atoms with Crippen LogP contribution < -0.4 is 10.1 Å². The molecule has 3 unspecified atom stereocenters. The highest BCUT2D eigenvalue weighted by molar-refractivity contribution is 7.10. The third-order valence-electron chi connectivity index (χ3n) is 4.22. The van der Waals surface area contributed by atoms with E-state index in [2.05, 4.69) is 30.6 Å². The van der Waals surface area contributed by atoms with Crippen LogP contribution in [-0.4, -0.2) is 13.7 Å². The summed E-state index contributed by atoms with van der Waals surface area (Å²) < 4.78 is 5.53. The van der Waals surface area contributed by atoms with Gasteiger partial charge in [-0.25, -0.2) is 0 Å². The van der Waals surface area contributed by atoms with Crippen LogP contribution >= 0.6 is 11.3 Å². The molecule has 2 nitrogen and oxygen atoms in total. The number of thiophene rings is 1. The molecule has 19 heavy (non-hydrogen) atoms. The summed E-state index contributed by atoms with van der Waals surface area (Å²) in [6, 6.07) is 2.59. The molecule has 108 valence electrons. The molecule has 0 bridgehead atoms. The zero-order chi connectivity index (χ0) is 13.7. The molecule has 0 radical (unpaired) electrons. The van der Waals surface area contributed by atoms with Gasteiger partial charge in [-0.05, 0) is 49.1 Å². The summed E-state index contributed by atoms with van der Waals surface area (Å²) in [5.41, 5.74) is 0. The van der Waals surface area contributed by atoms with E-state index >= 15 is 0 Å². The predicted octanol–water partition coefficient (Wildman–Crippen LogP) is 4.62. The normalized spacial score (nSPS) is 25.2. The lowest BCUT2D eigenvalue weighted by molar-refractivity contribution is 0.223. The fraction of sp³-hybridized carbons (Fsp3) is 0.750. The molecule has 0 spiro atoms. The minimum Gasteiger partial charge on any atom is -0.496 e. The molecule has 0 saturated heterocycles. The maximum atomic E-state index is 5.53. The Hall–Kier alpha value is -0.540. The SMILES string of the molecule is CCCNC(c1sccc1OC)C1CCCC(C)C1. The van der Waals surface area contributed by atoms with Crippen molar-refractivity contribution in [1.82, 2.24) is 5.32 Å². The summed E-state index contributed by atoms with van der Waals surface area (Å²) >= 11 is 1.84. The first kappa shape index (κ1) is 14.9. The molecule has 1 aliphatic carbocycles. The summed E-state index contributed by atoms with van der Waals surface area (Å²) in [6.07, 6.45) is 6.67. The number of ether oxygens (including phenoxy) is 1. The molecule has 1 heterocycles. The fourth-order valence-corrected chi connectivity index (χ4v) is 4.29. The summed E-state index contributed by atoms with van der Waals surface area (Å²) in [5, 5.41) is 5.92. The topological polar surface area (TPSA) is 21.3 Å². The predicted molar refractivity (Wildman–Crippen MR) is 83.0 cm³/mol. The molecule has 1 aromatic rings. The second kappa shape index (κ2) is 7.30. The van der Waals surface area contributed by atoms with Crippen molar-refractivity contribution in [2.75, 3.05) is 13.7 Å². The Kier molecular flexibility index (Phi) is 5.71. The Balaban J connectivity index is 2.15. The molecule has 1 fully saturated rings. The Morgan fingerprint density at radius 1 is 1.47 bits per heavy atom. The van der Waals surface area contributed by atoms with Crippen LogP contribution in [0.5, 0.6) is 5.75 Å². The van der Waals surface area contributed by atoms with E-state index in [0.29, 0.717) is 6.04 Å². The van der Waals surface area contributed by atoms with Gasteiger partial charge in [0.15, 0.2) is 0 Å². The van der Waals surface area contributed by atoms with Crippen molar-refractivity contribution in [2.45, 2.75) is 52.0 Å². The van der Waals surface area contributed by atoms with Crippen molar-refractivity contribution in [1.29, 1.82) is 0 Å². The third-order valence-corrected chi connectivity index (χ3v) is 5.20. The zero-order valence-electron chi connectivity index (χ0n) is 12.4. The molecule has 1 aromatic heterocycles. The first-order chi connectivity index (χ1) is 9.26. The van der Waals surface area contributed by atoms with Crippen molar-refractivity contribution in [3.63, 3.8) is 0 Å². The molecule has 1 aliphatic rings. The van der Waals surface area contributed by atoms with E-state index in [1.165, 1.54) is 37.0 Å². The van der Waals surface area contributed by atoms with Gasteiger partial charge in [-0.15, -0.1) is 11.3 Å². The zero-order valence-corrected chi connectivity index (χ0v) is 13.3. The summed E-state index contributed by atoms with van der Waals surface area (Å²) in [6.45, 7) is 5.73. The Morgan fingerprint density at radius 3 is 3.00 bits per heavy atom.